The van der Waals surface area contributed by atoms with Gasteiger partial charge in [0.1, 0.15) is 0 Å². The number of aryl methyl sites for hydroxylation is 1. The van der Waals surface area contributed by atoms with E-state index < -0.39 is 17.7 Å². The van der Waals surface area contributed by atoms with Crippen LogP contribution in [-0.4, -0.2) is 12.1 Å². The summed E-state index contributed by atoms with van der Waals surface area (Å²) in [5.74, 6) is -0.449. The summed E-state index contributed by atoms with van der Waals surface area (Å²) in [7, 11) is 0. The fourth-order valence-corrected chi connectivity index (χ4v) is 1.81. The summed E-state index contributed by atoms with van der Waals surface area (Å²) in [6, 6.07) is 4.97. The molecule has 0 fully saturated rings. The van der Waals surface area contributed by atoms with Crippen molar-refractivity contribution < 1.29 is 18.0 Å². The molecule has 22 heavy (non-hydrogen) atoms. The molecule has 1 amide bonds. The molecule has 2 N–H and O–H groups in total. The van der Waals surface area contributed by atoms with Gasteiger partial charge in [-0.15, -0.1) is 0 Å². The van der Waals surface area contributed by atoms with Crippen LogP contribution in [0.3, 0.4) is 0 Å². The van der Waals surface area contributed by atoms with Crippen LogP contribution in [0.4, 0.5) is 24.5 Å². The van der Waals surface area contributed by atoms with Gasteiger partial charge >= 0.3 is 6.18 Å². The molecular weight excluding hydrogens is 293 g/mol. The summed E-state index contributed by atoms with van der Waals surface area (Å²) in [5.41, 5.74) is 0.595. The van der Waals surface area contributed by atoms with Gasteiger partial charge in [-0.25, -0.2) is 0 Å². The summed E-state index contributed by atoms with van der Waals surface area (Å²) in [6.07, 6.45) is -2.67. The number of carbonyl (C=O) groups is 1. The minimum Gasteiger partial charge on any atom is -0.357 e. The van der Waals surface area contributed by atoms with E-state index >= 15 is 0 Å². The van der Waals surface area contributed by atoms with Crippen molar-refractivity contribution in [2.24, 2.45) is 0 Å². The number of alkyl halides is 3. The molecule has 0 radical (unpaired) electrons. The highest BCUT2D eigenvalue weighted by atomic mass is 19.4. The molecule has 0 heterocycles. The predicted octanol–water partition coefficient (Wildman–Crippen LogP) is 4.55. The van der Waals surface area contributed by atoms with Crippen molar-refractivity contribution in [3.8, 4) is 0 Å². The van der Waals surface area contributed by atoms with Crippen molar-refractivity contribution in [2.75, 3.05) is 10.6 Å². The molecule has 0 spiro atoms. The maximum atomic E-state index is 12.9. The fraction of sp³-hybridized carbons (Fsp3) is 0.188. The van der Waals surface area contributed by atoms with E-state index in [1.807, 2.05) is 0 Å². The fourth-order valence-electron chi connectivity index (χ4n) is 1.81. The van der Waals surface area contributed by atoms with Crippen LogP contribution < -0.4 is 10.6 Å². The van der Waals surface area contributed by atoms with Gasteiger partial charge in [-0.1, -0.05) is 25.3 Å². The number of halogens is 3. The number of benzene rings is 1. The molecular formula is C16H17F3N2O. The Labute approximate surface area is 127 Å². The Hall–Kier alpha value is -2.50. The first-order chi connectivity index (χ1) is 10.2. The molecule has 0 aromatic heterocycles. The summed E-state index contributed by atoms with van der Waals surface area (Å²) in [4.78, 5) is 11.4. The van der Waals surface area contributed by atoms with Gasteiger partial charge in [-0.3, -0.25) is 4.79 Å². The number of hydrogen-bond donors (Lipinski definition) is 2. The molecule has 0 bridgehead atoms. The molecule has 118 valence electrons. The maximum absolute atomic E-state index is 12.9. The number of nitrogens with one attached hydrogen (secondary N) is 2. The number of anilines is 2. The second-order valence-corrected chi connectivity index (χ2v) is 4.61. The number of carbonyl (C=O) groups excluding carboxylic acids is 1. The summed E-state index contributed by atoms with van der Waals surface area (Å²) in [6.45, 7) is 9.63. The van der Waals surface area contributed by atoms with Crippen LogP contribution in [0.2, 0.25) is 0 Å². The average molecular weight is 310 g/mol. The molecule has 0 saturated heterocycles. The van der Waals surface area contributed by atoms with Crippen molar-refractivity contribution in [2.45, 2.75) is 20.0 Å². The van der Waals surface area contributed by atoms with Crippen LogP contribution >= 0.6 is 0 Å². The van der Waals surface area contributed by atoms with Crippen molar-refractivity contribution in [1.29, 1.82) is 0 Å². The van der Waals surface area contributed by atoms with Gasteiger partial charge in [0.25, 0.3) is 0 Å². The third kappa shape index (κ3) is 4.51. The SMILES string of the molecule is C=CC(=O)Nc1cc(C)ccc1N/C(C)=C(/C=C)C(F)(F)F. The first-order valence-corrected chi connectivity index (χ1v) is 6.40. The lowest BCUT2D eigenvalue weighted by Crippen LogP contribution is -2.16. The van der Waals surface area contributed by atoms with Gasteiger partial charge in [0.05, 0.1) is 16.9 Å². The standard InChI is InChI=1S/C16H17F3N2O/c1-5-12(16(17,18)19)11(4)20-13-8-7-10(3)9-14(13)21-15(22)6-2/h5-9,20H,1-2H2,3-4H3,(H,21,22)/b12-11-. The Balaban J connectivity index is 3.22. The number of allylic oxidation sites excluding steroid dienone is 3. The van der Waals surface area contributed by atoms with E-state index in [1.165, 1.54) is 6.92 Å². The molecule has 0 aliphatic heterocycles. The maximum Gasteiger partial charge on any atom is 0.418 e. The second kappa shape index (κ2) is 6.98. The molecule has 1 aromatic rings. The monoisotopic (exact) mass is 310 g/mol. The highest BCUT2D eigenvalue weighted by Gasteiger charge is 2.33. The van der Waals surface area contributed by atoms with Gasteiger partial charge < -0.3 is 10.6 Å². The Morgan fingerprint density at radius 3 is 2.27 bits per heavy atom. The minimum atomic E-state index is -4.51. The van der Waals surface area contributed by atoms with Crippen molar-refractivity contribution >= 4 is 17.3 Å². The largest absolute Gasteiger partial charge is 0.418 e. The summed E-state index contributed by atoms with van der Waals surface area (Å²) < 4.78 is 38.6. The van der Waals surface area contributed by atoms with E-state index in [2.05, 4.69) is 23.8 Å². The van der Waals surface area contributed by atoms with Crippen molar-refractivity contribution in [1.82, 2.24) is 0 Å². The zero-order valence-electron chi connectivity index (χ0n) is 12.3. The van der Waals surface area contributed by atoms with Crippen LogP contribution in [-0.2, 0) is 4.79 Å². The Morgan fingerprint density at radius 1 is 1.14 bits per heavy atom. The molecule has 0 aliphatic carbocycles. The topological polar surface area (TPSA) is 41.1 Å². The second-order valence-electron chi connectivity index (χ2n) is 4.61. The normalized spacial score (nSPS) is 12.2. The highest BCUT2D eigenvalue weighted by molar-refractivity contribution is 6.01. The number of amides is 1. The Morgan fingerprint density at radius 2 is 1.77 bits per heavy atom. The third-order valence-electron chi connectivity index (χ3n) is 2.85. The van der Waals surface area contributed by atoms with Crippen LogP contribution in [0.1, 0.15) is 12.5 Å². The van der Waals surface area contributed by atoms with Gasteiger partial charge in [0.15, 0.2) is 0 Å². The van der Waals surface area contributed by atoms with E-state index in [9.17, 15) is 18.0 Å². The quantitative estimate of drug-likeness (QED) is 0.618. The predicted molar refractivity (Wildman–Crippen MR) is 82.6 cm³/mol. The van der Waals surface area contributed by atoms with Crippen LogP contribution in [0.15, 0.2) is 54.8 Å². The van der Waals surface area contributed by atoms with Crippen LogP contribution in [0, 0.1) is 6.92 Å². The zero-order valence-corrected chi connectivity index (χ0v) is 12.3. The van der Waals surface area contributed by atoms with E-state index in [1.54, 1.807) is 25.1 Å². The van der Waals surface area contributed by atoms with Crippen LogP contribution in [0.5, 0.6) is 0 Å². The van der Waals surface area contributed by atoms with Gasteiger partial charge in [-0.2, -0.15) is 13.2 Å². The van der Waals surface area contributed by atoms with E-state index in [-0.39, 0.29) is 5.70 Å². The molecule has 1 rings (SSSR count). The lowest BCUT2D eigenvalue weighted by Gasteiger charge is -2.17. The average Bonchev–Trinajstić information content (AvgIpc) is 2.40. The van der Waals surface area contributed by atoms with Gasteiger partial charge in [0.2, 0.25) is 5.91 Å². The van der Waals surface area contributed by atoms with Crippen molar-refractivity contribution in [3.63, 3.8) is 0 Å². The lowest BCUT2D eigenvalue weighted by molar-refractivity contribution is -0.111. The molecule has 3 nitrogen and oxygen atoms in total. The summed E-state index contributed by atoms with van der Waals surface area (Å²) in [5, 5.41) is 5.22. The molecule has 6 heteroatoms. The zero-order chi connectivity index (χ0) is 16.9. The Kier molecular flexibility index (Phi) is 5.56. The first kappa shape index (κ1) is 17.6. The minimum absolute atomic E-state index is 0.111. The molecule has 0 unspecified atom stereocenters. The lowest BCUT2D eigenvalue weighted by atomic mass is 10.1. The van der Waals surface area contributed by atoms with Gasteiger partial charge in [-0.05, 0) is 37.6 Å². The number of rotatable bonds is 5. The molecule has 0 aliphatic rings. The van der Waals surface area contributed by atoms with E-state index in [0.29, 0.717) is 11.4 Å². The van der Waals surface area contributed by atoms with Gasteiger partial charge in [0, 0.05) is 5.70 Å². The molecule has 0 atom stereocenters. The highest BCUT2D eigenvalue weighted by Crippen LogP contribution is 2.31. The van der Waals surface area contributed by atoms with E-state index in [0.717, 1.165) is 17.7 Å². The molecule has 1 aromatic carbocycles. The smallest absolute Gasteiger partial charge is 0.357 e. The molecule has 0 saturated carbocycles. The van der Waals surface area contributed by atoms with E-state index in [4.69, 9.17) is 0 Å². The Bertz CT molecular complexity index is 631. The van der Waals surface area contributed by atoms with Crippen LogP contribution in [0.25, 0.3) is 0 Å². The third-order valence-corrected chi connectivity index (χ3v) is 2.85. The number of hydrogen-bond acceptors (Lipinski definition) is 2. The first-order valence-electron chi connectivity index (χ1n) is 6.40. The summed E-state index contributed by atoms with van der Waals surface area (Å²) >= 11 is 0. The van der Waals surface area contributed by atoms with Crippen molar-refractivity contribution in [3.05, 3.63) is 60.3 Å².